The monoisotopic (exact) mass is 781 g/mol. The largest absolute Gasteiger partial charge is 0.573 e. The summed E-state index contributed by atoms with van der Waals surface area (Å²) in [5, 5.41) is 11.1. The Morgan fingerprint density at radius 3 is 1.60 bits per heavy atom. The Morgan fingerprint density at radius 2 is 1.15 bits per heavy atom. The first-order chi connectivity index (χ1) is 24.1. The highest BCUT2D eigenvalue weighted by Gasteiger charge is 2.44. The minimum absolute atomic E-state index is 0.0878. The Morgan fingerprint density at radius 1 is 0.673 bits per heavy atom. The Balaban J connectivity index is 1.58. The van der Waals surface area contributed by atoms with Crippen LogP contribution in [0.1, 0.15) is 11.1 Å². The molecule has 25 heteroatoms. The molecule has 0 unspecified atom stereocenters. The summed E-state index contributed by atoms with van der Waals surface area (Å²) in [5.74, 6) is -2.54. The van der Waals surface area contributed by atoms with Gasteiger partial charge in [0.2, 0.25) is 0 Å². The van der Waals surface area contributed by atoms with Crippen LogP contribution in [0.15, 0.2) is 89.6 Å². The van der Waals surface area contributed by atoms with Crippen LogP contribution in [0.2, 0.25) is 0 Å². The molecular formula is C27H16F9N9O5S2. The molecule has 0 atom stereocenters. The fourth-order valence-electron chi connectivity index (χ4n) is 4.74. The van der Waals surface area contributed by atoms with E-state index in [2.05, 4.69) is 30.0 Å². The molecule has 5 aromatic heterocycles. The first kappa shape index (κ1) is 36.1. The molecule has 14 nitrogen and oxygen atoms in total. The highest BCUT2D eigenvalue weighted by atomic mass is 32.3. The molecule has 0 aliphatic heterocycles. The van der Waals surface area contributed by atoms with Gasteiger partial charge in [-0.05, 0) is 36.4 Å². The first-order valence-corrected chi connectivity index (χ1v) is 16.6. The molecule has 6 rings (SSSR count). The minimum atomic E-state index is -5.71. The van der Waals surface area contributed by atoms with Crippen molar-refractivity contribution in [3.05, 3.63) is 90.9 Å². The van der Waals surface area contributed by atoms with Gasteiger partial charge in [0.05, 0.1) is 47.6 Å². The number of rotatable bonds is 8. The lowest BCUT2D eigenvalue weighted by atomic mass is 10.2. The molecule has 0 saturated heterocycles. The third kappa shape index (κ3) is 6.70. The molecule has 0 amide bonds. The number of nitrogens with zero attached hydrogens (tertiary/aromatic N) is 9. The molecule has 0 saturated carbocycles. The zero-order valence-electron chi connectivity index (χ0n) is 25.3. The van der Waals surface area contributed by atoms with Gasteiger partial charge in [0.1, 0.15) is 15.5 Å². The number of halogens is 9. The first-order valence-electron chi connectivity index (χ1n) is 13.7. The van der Waals surface area contributed by atoms with Crippen molar-refractivity contribution in [1.82, 2.24) is 39.3 Å². The maximum Gasteiger partial charge on any atom is 0.573 e. The molecule has 0 aliphatic carbocycles. The Labute approximate surface area is 284 Å². The predicted molar refractivity (Wildman–Crippen MR) is 157 cm³/mol. The van der Waals surface area contributed by atoms with Gasteiger partial charge < -0.3 is 4.74 Å². The van der Waals surface area contributed by atoms with E-state index in [4.69, 9.17) is 0 Å². The van der Waals surface area contributed by atoms with E-state index < -0.39 is 92.0 Å². The number of hydrogen-bond donors (Lipinski definition) is 0. The quantitative estimate of drug-likeness (QED) is 0.187. The number of aromatic nitrogens is 8. The van der Waals surface area contributed by atoms with Gasteiger partial charge in [-0.25, -0.2) is 19.3 Å². The van der Waals surface area contributed by atoms with Crippen molar-refractivity contribution in [1.29, 1.82) is 0 Å². The number of aryl methyl sites for hydroxylation is 1. The predicted octanol–water partition coefficient (Wildman–Crippen LogP) is 5.26. The van der Waals surface area contributed by atoms with Gasteiger partial charge in [0, 0.05) is 24.8 Å². The van der Waals surface area contributed by atoms with Gasteiger partial charge in [-0.3, -0.25) is 4.68 Å². The number of anilines is 1. The van der Waals surface area contributed by atoms with Gasteiger partial charge in [0.25, 0.3) is 20.0 Å². The summed E-state index contributed by atoms with van der Waals surface area (Å²) in [6.45, 7) is 0. The number of sulfonamides is 2. The van der Waals surface area contributed by atoms with E-state index in [9.17, 15) is 56.3 Å². The van der Waals surface area contributed by atoms with Crippen LogP contribution in [0.25, 0.3) is 22.5 Å². The number of ether oxygens (including phenoxy) is 1. The smallest absolute Gasteiger partial charge is 0.403 e. The number of benzene rings is 1. The van der Waals surface area contributed by atoms with Crippen molar-refractivity contribution in [2.75, 3.05) is 3.71 Å². The second kappa shape index (κ2) is 12.2. The summed E-state index contributed by atoms with van der Waals surface area (Å²) in [6.07, 6.45) is -10.7. The summed E-state index contributed by atoms with van der Waals surface area (Å²) in [4.78, 5) is 5.23. The summed E-state index contributed by atoms with van der Waals surface area (Å²) < 4.78 is 184. The van der Waals surface area contributed by atoms with E-state index in [1.54, 1.807) is 0 Å². The van der Waals surface area contributed by atoms with E-state index in [1.807, 2.05) is 0 Å². The van der Waals surface area contributed by atoms with Crippen LogP contribution >= 0.6 is 0 Å². The van der Waals surface area contributed by atoms with Crippen LogP contribution < -0.4 is 8.45 Å². The minimum Gasteiger partial charge on any atom is -0.403 e. The fourth-order valence-corrected chi connectivity index (χ4v) is 8.33. The highest BCUT2D eigenvalue weighted by molar-refractivity contribution is 8.10. The molecule has 0 N–H and O–H groups in total. The van der Waals surface area contributed by atoms with Crippen molar-refractivity contribution < 1.29 is 61.1 Å². The topological polar surface area (TPSA) is 160 Å². The number of fused-ring (bicyclic) bond motifs is 1. The summed E-state index contributed by atoms with van der Waals surface area (Å²) in [6, 6.07) is 3.80. The maximum absolute atomic E-state index is 14.4. The van der Waals surface area contributed by atoms with Crippen molar-refractivity contribution in [2.45, 2.75) is 28.5 Å². The van der Waals surface area contributed by atoms with E-state index in [-0.39, 0.29) is 5.39 Å². The van der Waals surface area contributed by atoms with E-state index in [1.165, 1.54) is 0 Å². The SMILES string of the molecule is Cn1ncc2ccc(OC(F)(F)F)c(N(S(=O)(=O)c3cnn(-c4cc(C(F)(F)F)ccn4)c3)S(=O)(=O)c3cnn(-c4cc(C(F)(F)F)ccn4)c3)c21. The lowest BCUT2D eigenvalue weighted by Gasteiger charge is -2.26. The molecular weight excluding hydrogens is 765 g/mol. The second-order valence-corrected chi connectivity index (χ2v) is 14.2. The summed E-state index contributed by atoms with van der Waals surface area (Å²) in [7, 11) is -10.3. The van der Waals surface area contributed by atoms with E-state index >= 15 is 0 Å². The van der Waals surface area contributed by atoms with Gasteiger partial charge in [0.15, 0.2) is 17.4 Å². The van der Waals surface area contributed by atoms with E-state index in [0.29, 0.717) is 64.5 Å². The molecule has 0 radical (unpaired) electrons. The molecule has 0 bridgehead atoms. The average molecular weight is 782 g/mol. The van der Waals surface area contributed by atoms with Crippen molar-refractivity contribution >= 4 is 36.6 Å². The molecule has 1 aromatic carbocycles. The molecule has 0 spiro atoms. The van der Waals surface area contributed by atoms with Crippen molar-refractivity contribution in [2.24, 2.45) is 7.05 Å². The standard InChI is InChI=1S/C27H16F9N9O5S2/c1-42-23-15(10-39-42)2-3-20(50-27(34,35)36)24(23)45(51(46,47)18-11-40-43(13-18)21-8-16(4-6-37-21)25(28,29)30)52(48,49)19-12-41-44(14-19)22-9-17(5-7-38-22)26(31,32)33/h2-14H,1H3. The molecule has 0 fully saturated rings. The normalized spacial score (nSPS) is 13.1. The van der Waals surface area contributed by atoms with Crippen LogP contribution in [-0.2, 0) is 39.4 Å². The van der Waals surface area contributed by atoms with Crippen LogP contribution in [0.5, 0.6) is 5.75 Å². The Kier molecular flexibility index (Phi) is 8.47. The van der Waals surface area contributed by atoms with Crippen LogP contribution in [0, 0.1) is 0 Å². The maximum atomic E-state index is 14.4. The Hall–Kier alpha value is -5.72. The molecule has 6 aromatic rings. The lowest BCUT2D eigenvalue weighted by Crippen LogP contribution is -2.38. The zero-order valence-corrected chi connectivity index (χ0v) is 26.9. The molecule has 0 aliphatic rings. The van der Waals surface area contributed by atoms with Crippen molar-refractivity contribution in [3.63, 3.8) is 0 Å². The number of pyridine rings is 2. The van der Waals surface area contributed by atoms with Gasteiger partial charge in [-0.15, -0.1) is 16.9 Å². The third-order valence-corrected chi connectivity index (χ3v) is 11.0. The number of alkyl halides is 9. The van der Waals surface area contributed by atoms with Gasteiger partial charge in [-0.2, -0.15) is 58.5 Å². The summed E-state index contributed by atoms with van der Waals surface area (Å²) in [5.41, 5.74) is -4.23. The van der Waals surface area contributed by atoms with E-state index in [0.717, 1.165) is 36.4 Å². The molecule has 274 valence electrons. The fraction of sp³-hybridized carbons (Fsp3) is 0.148. The molecule has 52 heavy (non-hydrogen) atoms. The van der Waals surface area contributed by atoms with Crippen LogP contribution in [-0.4, -0.2) is 62.5 Å². The second-order valence-electron chi connectivity index (χ2n) is 10.4. The van der Waals surface area contributed by atoms with Crippen LogP contribution in [0.3, 0.4) is 0 Å². The van der Waals surface area contributed by atoms with Crippen LogP contribution in [0.4, 0.5) is 45.2 Å². The highest BCUT2D eigenvalue weighted by Crippen LogP contribution is 2.44. The van der Waals surface area contributed by atoms with Gasteiger partial charge in [-0.1, -0.05) is 0 Å². The lowest BCUT2D eigenvalue weighted by molar-refractivity contribution is -0.274. The third-order valence-electron chi connectivity index (χ3n) is 7.01. The molecule has 5 heterocycles. The Bertz CT molecular complexity index is 2420. The zero-order chi connectivity index (χ0) is 38.0. The number of hydrogen-bond acceptors (Lipinski definition) is 10. The average Bonchev–Trinajstić information content (AvgIpc) is 3.82. The van der Waals surface area contributed by atoms with Crippen molar-refractivity contribution in [3.8, 4) is 17.4 Å². The van der Waals surface area contributed by atoms with Gasteiger partial charge >= 0.3 is 18.7 Å². The summed E-state index contributed by atoms with van der Waals surface area (Å²) >= 11 is 0.